The van der Waals surface area contributed by atoms with Crippen LogP contribution in [-0.2, 0) is 4.79 Å². The Hall–Kier alpha value is -1.01. The van der Waals surface area contributed by atoms with E-state index in [-0.39, 0.29) is 5.91 Å². The molecule has 0 bridgehead atoms. The molecular formula is C13H22N2O. The summed E-state index contributed by atoms with van der Waals surface area (Å²) in [6.07, 6.45) is 9.47. The number of nitrogens with two attached hydrogens (primary N) is 1. The zero-order valence-corrected chi connectivity index (χ0v) is 10.1. The molecule has 1 saturated heterocycles. The van der Waals surface area contributed by atoms with Crippen molar-refractivity contribution in [2.45, 2.75) is 45.1 Å². The van der Waals surface area contributed by atoms with Crippen molar-refractivity contribution in [1.82, 2.24) is 4.90 Å². The number of carbonyl (C=O) groups excluding carboxylic acids is 1. The van der Waals surface area contributed by atoms with Gasteiger partial charge in [-0.1, -0.05) is 0 Å². The third kappa shape index (κ3) is 3.53. The fraction of sp³-hybridized carbons (Fsp3) is 0.769. The lowest BCUT2D eigenvalue weighted by Crippen LogP contribution is -2.34. The van der Waals surface area contributed by atoms with E-state index in [0.29, 0.717) is 24.9 Å². The number of carbonyl (C=O) groups is 1. The molecule has 0 radical (unpaired) electrons. The van der Waals surface area contributed by atoms with Crippen molar-refractivity contribution in [3.05, 3.63) is 0 Å². The third-order valence-electron chi connectivity index (χ3n) is 3.28. The second-order valence-corrected chi connectivity index (χ2v) is 4.64. The number of likely N-dealkylation sites (tertiary alicyclic amines) is 1. The van der Waals surface area contributed by atoms with Crippen molar-refractivity contribution in [2.24, 2.45) is 11.7 Å². The van der Waals surface area contributed by atoms with Gasteiger partial charge >= 0.3 is 0 Å². The molecule has 2 N–H and O–H groups in total. The molecule has 0 spiro atoms. The number of terminal acetylenes is 1. The molecule has 16 heavy (non-hydrogen) atoms. The van der Waals surface area contributed by atoms with E-state index in [2.05, 4.69) is 12.8 Å². The van der Waals surface area contributed by atoms with Gasteiger partial charge in [0, 0.05) is 25.4 Å². The minimum atomic E-state index is 0.264. The van der Waals surface area contributed by atoms with Crippen LogP contribution >= 0.6 is 0 Å². The summed E-state index contributed by atoms with van der Waals surface area (Å²) in [6.45, 7) is 3.63. The van der Waals surface area contributed by atoms with Crippen LogP contribution in [0, 0.1) is 18.3 Å². The Bertz CT molecular complexity index is 270. The minimum absolute atomic E-state index is 0.264. The first kappa shape index (κ1) is 13.1. The van der Waals surface area contributed by atoms with Crippen LogP contribution in [0.4, 0.5) is 0 Å². The van der Waals surface area contributed by atoms with Crippen molar-refractivity contribution >= 4 is 5.91 Å². The van der Waals surface area contributed by atoms with Gasteiger partial charge in [-0.25, -0.2) is 0 Å². The quantitative estimate of drug-likeness (QED) is 0.564. The first-order valence-electron chi connectivity index (χ1n) is 6.12. The molecule has 1 rings (SSSR count). The molecule has 1 aliphatic heterocycles. The predicted octanol–water partition coefficient (Wildman–Crippen LogP) is 1.38. The van der Waals surface area contributed by atoms with Crippen molar-refractivity contribution in [3.63, 3.8) is 0 Å². The van der Waals surface area contributed by atoms with Crippen LogP contribution in [0.5, 0.6) is 0 Å². The lowest BCUT2D eigenvalue weighted by atomic mass is 10.1. The van der Waals surface area contributed by atoms with Crippen LogP contribution in [0.2, 0.25) is 0 Å². The molecule has 1 amide bonds. The smallest absolute Gasteiger partial charge is 0.222 e. The topological polar surface area (TPSA) is 46.3 Å². The summed E-state index contributed by atoms with van der Waals surface area (Å²) >= 11 is 0. The summed E-state index contributed by atoms with van der Waals surface area (Å²) < 4.78 is 0. The van der Waals surface area contributed by atoms with Gasteiger partial charge in [-0.05, 0) is 38.6 Å². The first-order chi connectivity index (χ1) is 7.69. The van der Waals surface area contributed by atoms with Crippen LogP contribution in [-0.4, -0.2) is 29.9 Å². The maximum Gasteiger partial charge on any atom is 0.222 e. The first-order valence-corrected chi connectivity index (χ1v) is 6.12. The fourth-order valence-corrected chi connectivity index (χ4v) is 2.31. The zero-order valence-electron chi connectivity index (χ0n) is 10.1. The molecule has 3 nitrogen and oxygen atoms in total. The molecule has 0 saturated carbocycles. The Morgan fingerprint density at radius 2 is 2.31 bits per heavy atom. The van der Waals surface area contributed by atoms with Gasteiger partial charge in [0.05, 0.1) is 0 Å². The minimum Gasteiger partial charge on any atom is -0.340 e. The lowest BCUT2D eigenvalue weighted by molar-refractivity contribution is -0.131. The predicted molar refractivity (Wildman–Crippen MR) is 65.6 cm³/mol. The number of nitrogens with zero attached hydrogens (tertiary/aromatic N) is 1. The molecule has 0 aromatic heterocycles. The second kappa shape index (κ2) is 6.55. The summed E-state index contributed by atoms with van der Waals surface area (Å²) in [7, 11) is 0. The normalized spacial score (nSPS) is 24.4. The van der Waals surface area contributed by atoms with Crippen molar-refractivity contribution in [1.29, 1.82) is 0 Å². The van der Waals surface area contributed by atoms with E-state index in [1.54, 1.807) is 0 Å². The van der Waals surface area contributed by atoms with Gasteiger partial charge in [0.25, 0.3) is 0 Å². The number of hydrogen-bond donors (Lipinski definition) is 1. The van der Waals surface area contributed by atoms with Gasteiger partial charge in [-0.3, -0.25) is 4.79 Å². The standard InChI is InChI=1S/C13H22N2O/c1-3-4-5-6-7-13(16)15-10-12(9-14)8-11(15)2/h1,11-12H,4-10,14H2,2H3. The van der Waals surface area contributed by atoms with E-state index in [0.717, 1.165) is 32.2 Å². The van der Waals surface area contributed by atoms with E-state index in [9.17, 15) is 4.79 Å². The molecule has 3 heteroatoms. The Morgan fingerprint density at radius 3 is 2.88 bits per heavy atom. The summed E-state index contributed by atoms with van der Waals surface area (Å²) in [5, 5.41) is 0. The van der Waals surface area contributed by atoms with Gasteiger partial charge in [0.1, 0.15) is 0 Å². The van der Waals surface area contributed by atoms with E-state index < -0.39 is 0 Å². The lowest BCUT2D eigenvalue weighted by Gasteiger charge is -2.21. The maximum atomic E-state index is 11.9. The molecule has 2 unspecified atom stereocenters. The SMILES string of the molecule is C#CCCCCC(=O)N1CC(CN)CC1C. The van der Waals surface area contributed by atoms with Crippen LogP contribution in [0.1, 0.15) is 39.0 Å². The highest BCUT2D eigenvalue weighted by molar-refractivity contribution is 5.76. The van der Waals surface area contributed by atoms with Gasteiger partial charge in [-0.2, -0.15) is 0 Å². The molecule has 2 atom stereocenters. The summed E-state index contributed by atoms with van der Waals surface area (Å²) in [5.41, 5.74) is 5.64. The summed E-state index contributed by atoms with van der Waals surface area (Å²) in [4.78, 5) is 13.9. The van der Waals surface area contributed by atoms with E-state index in [1.807, 2.05) is 4.90 Å². The third-order valence-corrected chi connectivity index (χ3v) is 3.28. The molecule has 1 aliphatic rings. The number of unbranched alkanes of at least 4 members (excludes halogenated alkanes) is 2. The van der Waals surface area contributed by atoms with Crippen LogP contribution < -0.4 is 5.73 Å². The van der Waals surface area contributed by atoms with Gasteiger partial charge < -0.3 is 10.6 Å². The molecule has 0 aromatic rings. The van der Waals surface area contributed by atoms with Crippen molar-refractivity contribution in [3.8, 4) is 12.3 Å². The number of rotatable bonds is 5. The second-order valence-electron chi connectivity index (χ2n) is 4.64. The Morgan fingerprint density at radius 1 is 1.56 bits per heavy atom. The van der Waals surface area contributed by atoms with Crippen LogP contribution in [0.3, 0.4) is 0 Å². The molecule has 0 aliphatic carbocycles. The zero-order chi connectivity index (χ0) is 12.0. The maximum absolute atomic E-state index is 11.9. The van der Waals surface area contributed by atoms with E-state index in [4.69, 9.17) is 12.2 Å². The summed E-state index contributed by atoms with van der Waals surface area (Å²) in [6, 6.07) is 0.355. The summed E-state index contributed by atoms with van der Waals surface area (Å²) in [5.74, 6) is 3.35. The van der Waals surface area contributed by atoms with Gasteiger partial charge in [0.2, 0.25) is 5.91 Å². The van der Waals surface area contributed by atoms with Crippen LogP contribution in [0.15, 0.2) is 0 Å². The van der Waals surface area contributed by atoms with E-state index in [1.165, 1.54) is 0 Å². The monoisotopic (exact) mass is 222 g/mol. The van der Waals surface area contributed by atoms with Crippen molar-refractivity contribution in [2.75, 3.05) is 13.1 Å². The average molecular weight is 222 g/mol. The van der Waals surface area contributed by atoms with Crippen LogP contribution in [0.25, 0.3) is 0 Å². The van der Waals surface area contributed by atoms with Crippen molar-refractivity contribution < 1.29 is 4.79 Å². The Kier molecular flexibility index (Phi) is 5.34. The largest absolute Gasteiger partial charge is 0.340 e. The van der Waals surface area contributed by atoms with Gasteiger partial charge in [-0.15, -0.1) is 12.3 Å². The number of amides is 1. The highest BCUT2D eigenvalue weighted by Crippen LogP contribution is 2.23. The number of hydrogen-bond acceptors (Lipinski definition) is 2. The highest BCUT2D eigenvalue weighted by atomic mass is 16.2. The Balaban J connectivity index is 2.29. The Labute approximate surface area is 98.4 Å². The highest BCUT2D eigenvalue weighted by Gasteiger charge is 2.30. The fourth-order valence-electron chi connectivity index (χ4n) is 2.31. The molecule has 1 fully saturated rings. The van der Waals surface area contributed by atoms with Gasteiger partial charge in [0.15, 0.2) is 0 Å². The molecular weight excluding hydrogens is 200 g/mol. The molecule has 1 heterocycles. The van der Waals surface area contributed by atoms with E-state index >= 15 is 0 Å². The molecule has 0 aromatic carbocycles. The molecule has 90 valence electrons. The average Bonchev–Trinajstić information content (AvgIpc) is 2.66.